The van der Waals surface area contributed by atoms with E-state index in [0.29, 0.717) is 18.5 Å². The highest BCUT2D eigenvalue weighted by atomic mass is 127. The number of hydrogen-bond acceptors (Lipinski definition) is 2. The van der Waals surface area contributed by atoms with Gasteiger partial charge in [-0.2, -0.15) is 0 Å². The summed E-state index contributed by atoms with van der Waals surface area (Å²) in [6.07, 6.45) is 0. The molecule has 0 bridgehead atoms. The molecule has 0 aromatic heterocycles. The Balaban J connectivity index is 0.000000178. The first-order valence-corrected chi connectivity index (χ1v) is 12.6. The Morgan fingerprint density at radius 1 is 0.688 bits per heavy atom. The summed E-state index contributed by atoms with van der Waals surface area (Å²) in [5.41, 5.74) is 2.37. The second-order valence-electron chi connectivity index (χ2n) is 6.13. The monoisotopic (exact) mass is 703 g/mol. The van der Waals surface area contributed by atoms with Crippen molar-refractivity contribution in [2.75, 3.05) is 0 Å². The Morgan fingerprint density at radius 3 is 1.69 bits per heavy atom. The van der Waals surface area contributed by atoms with Gasteiger partial charge in [-0.05, 0) is 100 Å². The predicted molar refractivity (Wildman–Crippen MR) is 151 cm³/mol. The fourth-order valence-corrected chi connectivity index (χ4v) is 4.37. The van der Waals surface area contributed by atoms with Gasteiger partial charge in [-0.15, -0.1) is 0 Å². The third-order valence-electron chi connectivity index (χ3n) is 3.79. The highest BCUT2D eigenvalue weighted by molar-refractivity contribution is 14.1. The van der Waals surface area contributed by atoms with Crippen LogP contribution in [-0.4, -0.2) is 12.7 Å². The van der Waals surface area contributed by atoms with Gasteiger partial charge in [0, 0.05) is 22.6 Å². The van der Waals surface area contributed by atoms with Gasteiger partial charge in [0.15, 0.2) is 0 Å². The molecule has 32 heavy (non-hydrogen) atoms. The summed E-state index contributed by atoms with van der Waals surface area (Å²) in [5.74, 6) is 0.562. The molecule has 4 rings (SSSR count). The van der Waals surface area contributed by atoms with Gasteiger partial charge in [0.05, 0.1) is 0 Å². The summed E-state index contributed by atoms with van der Waals surface area (Å²) in [6, 6.07) is 30.9. The maximum atomic E-state index is 8.21. The van der Waals surface area contributed by atoms with Crippen molar-refractivity contribution in [3.05, 3.63) is 120 Å². The molecule has 0 unspecified atom stereocenters. The van der Waals surface area contributed by atoms with E-state index in [1.165, 1.54) is 14.7 Å². The topological polar surface area (TPSA) is 29.5 Å². The first-order chi connectivity index (χ1) is 15.4. The maximum absolute atomic E-state index is 8.21. The number of hydrogen-bond donors (Lipinski definition) is 1. The fraction of sp³-hybridized carbons (Fsp3) is 0. The van der Waals surface area contributed by atoms with E-state index in [1.807, 2.05) is 48.5 Å². The van der Waals surface area contributed by atoms with Crippen LogP contribution in [-0.2, 0) is 0 Å². The van der Waals surface area contributed by atoms with Gasteiger partial charge in [0.25, 0.3) is 0 Å². The summed E-state index contributed by atoms with van der Waals surface area (Å²) < 4.78 is 8.12. The van der Waals surface area contributed by atoms with E-state index < -0.39 is 0 Å². The summed E-state index contributed by atoms with van der Waals surface area (Å²) in [7, 11) is 0.628. The quantitative estimate of drug-likeness (QED) is 0.170. The van der Waals surface area contributed by atoms with Gasteiger partial charge in [0.1, 0.15) is 5.75 Å². The summed E-state index contributed by atoms with van der Waals surface area (Å²) in [4.78, 5) is 0. The van der Waals surface area contributed by atoms with Crippen LogP contribution in [0, 0.1) is 3.57 Å². The zero-order chi connectivity index (χ0) is 23.3. The Kier molecular flexibility index (Phi) is 12.8. The van der Waals surface area contributed by atoms with Crippen molar-refractivity contribution < 1.29 is 9.68 Å². The summed E-state index contributed by atoms with van der Waals surface area (Å²) in [6.45, 7) is 0. The van der Waals surface area contributed by atoms with Gasteiger partial charge < -0.3 is 9.68 Å². The highest BCUT2D eigenvalue weighted by Crippen LogP contribution is 2.24. The summed E-state index contributed by atoms with van der Waals surface area (Å²) >= 11 is 20.5. The van der Waals surface area contributed by atoms with E-state index in [0.717, 1.165) is 14.0 Å². The zero-order valence-electron chi connectivity index (χ0n) is 16.6. The Morgan fingerprint density at radius 2 is 1.22 bits per heavy atom. The minimum Gasteiger partial charge on any atom is -0.537 e. The predicted octanol–water partition coefficient (Wildman–Crippen LogP) is 9.07. The van der Waals surface area contributed by atoms with E-state index in [-0.39, 0.29) is 0 Å². The van der Waals surface area contributed by atoms with Crippen LogP contribution in [0.3, 0.4) is 0 Å². The van der Waals surface area contributed by atoms with Gasteiger partial charge in [-0.25, -0.2) is 0 Å². The molecule has 4 aromatic rings. The minimum atomic E-state index is 0.562. The smallest absolute Gasteiger partial charge is 0.537 e. The van der Waals surface area contributed by atoms with Crippen LogP contribution < -0.4 is 4.65 Å². The van der Waals surface area contributed by atoms with E-state index >= 15 is 0 Å². The molecular formula is C24H17BBr2Cl2IO2. The van der Waals surface area contributed by atoms with Crippen LogP contribution in [0.4, 0.5) is 0 Å². The molecule has 0 aliphatic heterocycles. The van der Waals surface area contributed by atoms with Crippen molar-refractivity contribution in [2.24, 2.45) is 0 Å². The molecule has 0 amide bonds. The number of halogens is 5. The van der Waals surface area contributed by atoms with Crippen LogP contribution in [0.5, 0.6) is 5.75 Å². The molecule has 4 aromatic carbocycles. The molecule has 2 nitrogen and oxygen atoms in total. The second-order valence-corrected chi connectivity index (χ2v) is 10.1. The molecule has 0 aliphatic rings. The number of rotatable bonds is 3. The van der Waals surface area contributed by atoms with Gasteiger partial charge in [0.2, 0.25) is 0 Å². The zero-order valence-corrected chi connectivity index (χ0v) is 23.4. The largest absolute Gasteiger partial charge is 0.569 e. The normalized spacial score (nSPS) is 9.56. The average Bonchev–Trinajstić information content (AvgIpc) is 2.77. The standard InChI is InChI=1S/C12H8BrCl.C6H5BClO2.C6H4BrI/c13-11-3-1-2-10(8-11)9-4-6-12(14)7-5-9;8-5-1-3-6(4-2-5)10-7-9;7-5-2-1-3-6(8)4-5/h1-8H;1-4,9H;1-4H. The molecule has 0 saturated carbocycles. The van der Waals surface area contributed by atoms with Crippen LogP contribution in [0.1, 0.15) is 0 Å². The Labute approximate surface area is 229 Å². The van der Waals surface area contributed by atoms with E-state index in [4.69, 9.17) is 28.2 Å². The van der Waals surface area contributed by atoms with E-state index in [9.17, 15) is 0 Å². The number of benzene rings is 4. The average molecular weight is 706 g/mol. The first-order valence-electron chi connectivity index (χ1n) is 9.18. The van der Waals surface area contributed by atoms with Crippen molar-refractivity contribution in [3.63, 3.8) is 0 Å². The van der Waals surface area contributed by atoms with Crippen LogP contribution in [0.2, 0.25) is 10.0 Å². The van der Waals surface area contributed by atoms with Crippen LogP contribution >= 0.6 is 77.7 Å². The second kappa shape index (κ2) is 15.0. The molecule has 1 N–H and O–H groups in total. The lowest BCUT2D eigenvalue weighted by Gasteiger charge is -2.01. The van der Waals surface area contributed by atoms with Crippen LogP contribution in [0.15, 0.2) is 106 Å². The lowest BCUT2D eigenvalue weighted by molar-refractivity contribution is 0.454. The van der Waals surface area contributed by atoms with Crippen LogP contribution in [0.25, 0.3) is 11.1 Å². The van der Waals surface area contributed by atoms with Crippen molar-refractivity contribution in [1.29, 1.82) is 0 Å². The molecule has 163 valence electrons. The first kappa shape index (κ1) is 27.2. The van der Waals surface area contributed by atoms with Crippen molar-refractivity contribution in [3.8, 4) is 16.9 Å². The molecule has 0 heterocycles. The molecule has 0 saturated heterocycles. The van der Waals surface area contributed by atoms with Crippen molar-refractivity contribution >= 4 is 85.3 Å². The highest BCUT2D eigenvalue weighted by Gasteiger charge is 1.97. The minimum absolute atomic E-state index is 0.562. The fourth-order valence-electron chi connectivity index (χ4n) is 2.34. The van der Waals surface area contributed by atoms with Gasteiger partial charge in [-0.3, -0.25) is 0 Å². The molecule has 8 heteroatoms. The lowest BCUT2D eigenvalue weighted by Crippen LogP contribution is -1.98. The van der Waals surface area contributed by atoms with Crippen molar-refractivity contribution in [1.82, 2.24) is 0 Å². The molecule has 0 spiro atoms. The SMILES string of the molecule is Brc1cccc(I)c1.Clc1ccc(-c2cccc(Br)c2)cc1.O[B]Oc1ccc(Cl)cc1. The Hall–Kier alpha value is -1.03. The van der Waals surface area contributed by atoms with E-state index in [1.54, 1.807) is 24.3 Å². The van der Waals surface area contributed by atoms with E-state index in [2.05, 4.69) is 83.4 Å². The molecular weight excluding hydrogens is 689 g/mol. The lowest BCUT2D eigenvalue weighted by atomic mass is 10.1. The van der Waals surface area contributed by atoms with Crippen molar-refractivity contribution in [2.45, 2.75) is 0 Å². The third-order valence-corrected chi connectivity index (χ3v) is 5.95. The molecule has 1 radical (unpaired) electrons. The van der Waals surface area contributed by atoms with Gasteiger partial charge in [-0.1, -0.05) is 85.4 Å². The Bertz CT molecular complexity index is 1080. The molecule has 0 aliphatic carbocycles. The van der Waals surface area contributed by atoms with Gasteiger partial charge >= 0.3 is 7.69 Å². The molecule has 0 atom stereocenters. The summed E-state index contributed by atoms with van der Waals surface area (Å²) in [5, 5.41) is 9.62. The molecule has 0 fully saturated rings. The maximum Gasteiger partial charge on any atom is 0.569 e. The third kappa shape index (κ3) is 10.7.